The van der Waals surface area contributed by atoms with E-state index in [2.05, 4.69) is 20.2 Å². The highest BCUT2D eigenvalue weighted by molar-refractivity contribution is 5.96. The van der Waals surface area contributed by atoms with Gasteiger partial charge in [-0.15, -0.1) is 24.8 Å². The molecule has 3 heterocycles. The molecular weight excluding hydrogens is 393 g/mol. The molecule has 4 rings (SSSR count). The highest BCUT2D eigenvalue weighted by Gasteiger charge is 2.26. The van der Waals surface area contributed by atoms with Gasteiger partial charge < -0.3 is 25.4 Å². The first-order valence-corrected chi connectivity index (χ1v) is 8.21. The summed E-state index contributed by atoms with van der Waals surface area (Å²) in [5, 5.41) is 2.92. The van der Waals surface area contributed by atoms with Gasteiger partial charge in [-0.25, -0.2) is 4.98 Å². The number of nitrogens with two attached hydrogens (primary N) is 1. The van der Waals surface area contributed by atoms with Gasteiger partial charge in [0.15, 0.2) is 11.5 Å². The largest absolute Gasteiger partial charge is 0.454 e. The van der Waals surface area contributed by atoms with Crippen molar-refractivity contribution in [1.82, 2.24) is 9.97 Å². The van der Waals surface area contributed by atoms with Gasteiger partial charge in [0.1, 0.15) is 5.82 Å². The van der Waals surface area contributed by atoms with Crippen molar-refractivity contribution in [3.05, 3.63) is 30.7 Å². The van der Waals surface area contributed by atoms with Crippen molar-refractivity contribution in [3.63, 3.8) is 0 Å². The molecule has 0 radical (unpaired) electrons. The molecule has 1 aromatic heterocycles. The standard InChI is InChI=1S/C17H19N5O3.2ClH/c18-12-7-14-15(25-10-24-14)8-13(12)21-17(23)11-1-5-22(6-2-11)16-9-19-3-4-20-16;;/h3-4,7-9,11H,1-2,5-6,10,18H2,(H,21,23);2*1H. The van der Waals surface area contributed by atoms with E-state index < -0.39 is 0 Å². The molecule has 0 spiro atoms. The first kappa shape index (κ1) is 20.9. The molecule has 146 valence electrons. The Morgan fingerprint density at radius 1 is 1.15 bits per heavy atom. The Morgan fingerprint density at radius 2 is 1.85 bits per heavy atom. The van der Waals surface area contributed by atoms with E-state index in [1.165, 1.54) is 0 Å². The molecule has 0 unspecified atom stereocenters. The van der Waals surface area contributed by atoms with Crippen LogP contribution in [0.5, 0.6) is 11.5 Å². The summed E-state index contributed by atoms with van der Waals surface area (Å²) in [6, 6.07) is 3.39. The molecule has 1 saturated heterocycles. The van der Waals surface area contributed by atoms with Crippen molar-refractivity contribution in [1.29, 1.82) is 0 Å². The fourth-order valence-electron chi connectivity index (χ4n) is 3.13. The van der Waals surface area contributed by atoms with Crippen molar-refractivity contribution in [2.75, 3.05) is 35.8 Å². The third-order valence-corrected chi connectivity index (χ3v) is 4.54. The topological polar surface area (TPSA) is 103 Å². The van der Waals surface area contributed by atoms with Gasteiger partial charge in [0, 0.05) is 43.5 Å². The summed E-state index contributed by atoms with van der Waals surface area (Å²) in [5.41, 5.74) is 7.02. The summed E-state index contributed by atoms with van der Waals surface area (Å²) in [6.45, 7) is 1.72. The lowest BCUT2D eigenvalue weighted by Gasteiger charge is -2.31. The lowest BCUT2D eigenvalue weighted by atomic mass is 9.95. The monoisotopic (exact) mass is 413 g/mol. The molecular formula is C17H21Cl2N5O3. The van der Waals surface area contributed by atoms with Crippen LogP contribution in [0.25, 0.3) is 0 Å². The van der Waals surface area contributed by atoms with Crippen LogP contribution in [0.2, 0.25) is 0 Å². The number of hydrogen-bond donors (Lipinski definition) is 2. The van der Waals surface area contributed by atoms with Crippen LogP contribution in [0.15, 0.2) is 30.7 Å². The van der Waals surface area contributed by atoms with Crippen molar-refractivity contribution in [3.8, 4) is 11.5 Å². The van der Waals surface area contributed by atoms with E-state index in [1.54, 1.807) is 30.7 Å². The molecule has 2 aromatic rings. The molecule has 8 nitrogen and oxygen atoms in total. The summed E-state index contributed by atoms with van der Waals surface area (Å²) < 4.78 is 10.6. The summed E-state index contributed by atoms with van der Waals surface area (Å²) >= 11 is 0. The number of anilines is 3. The van der Waals surface area contributed by atoms with Gasteiger partial charge in [-0.3, -0.25) is 9.78 Å². The average molecular weight is 414 g/mol. The molecule has 2 aliphatic heterocycles. The number of rotatable bonds is 3. The number of carbonyl (C=O) groups is 1. The van der Waals surface area contributed by atoms with Gasteiger partial charge in [0.05, 0.1) is 17.6 Å². The van der Waals surface area contributed by atoms with E-state index >= 15 is 0 Å². The Kier molecular flexibility index (Phi) is 6.92. The second-order valence-corrected chi connectivity index (χ2v) is 6.11. The van der Waals surface area contributed by atoms with Crippen LogP contribution in [-0.2, 0) is 4.79 Å². The van der Waals surface area contributed by atoms with E-state index in [4.69, 9.17) is 15.2 Å². The maximum atomic E-state index is 12.6. The SMILES string of the molecule is Cl.Cl.Nc1cc2c(cc1NC(=O)C1CCN(c3cnccn3)CC1)OCO2. The van der Waals surface area contributed by atoms with Gasteiger partial charge in [0.2, 0.25) is 12.7 Å². The molecule has 27 heavy (non-hydrogen) atoms. The molecule has 0 bridgehead atoms. The number of ether oxygens (including phenoxy) is 2. The number of benzene rings is 1. The lowest BCUT2D eigenvalue weighted by molar-refractivity contribution is -0.120. The van der Waals surface area contributed by atoms with Crippen LogP contribution >= 0.6 is 24.8 Å². The van der Waals surface area contributed by atoms with E-state index in [0.717, 1.165) is 31.7 Å². The summed E-state index contributed by atoms with van der Waals surface area (Å²) in [7, 11) is 0. The first-order chi connectivity index (χ1) is 12.2. The number of nitrogens with zero attached hydrogens (tertiary/aromatic N) is 3. The highest BCUT2D eigenvalue weighted by Crippen LogP contribution is 2.38. The van der Waals surface area contributed by atoms with Crippen LogP contribution in [-0.4, -0.2) is 35.8 Å². The second-order valence-electron chi connectivity index (χ2n) is 6.11. The summed E-state index contributed by atoms with van der Waals surface area (Å²) in [5.74, 6) is 1.97. The summed E-state index contributed by atoms with van der Waals surface area (Å²) in [6.07, 6.45) is 6.59. The molecule has 2 aliphatic rings. The van der Waals surface area contributed by atoms with Crippen LogP contribution in [0, 0.1) is 5.92 Å². The average Bonchev–Trinajstić information content (AvgIpc) is 3.10. The van der Waals surface area contributed by atoms with Crippen LogP contribution in [0.4, 0.5) is 17.2 Å². The second kappa shape index (κ2) is 8.96. The number of fused-ring (bicyclic) bond motifs is 1. The van der Waals surface area contributed by atoms with Gasteiger partial charge >= 0.3 is 0 Å². The van der Waals surface area contributed by atoms with Crippen LogP contribution in [0.1, 0.15) is 12.8 Å². The third-order valence-electron chi connectivity index (χ3n) is 4.54. The minimum Gasteiger partial charge on any atom is -0.454 e. The summed E-state index contributed by atoms with van der Waals surface area (Å²) in [4.78, 5) is 23.1. The number of nitrogen functional groups attached to an aromatic ring is 1. The van der Waals surface area contributed by atoms with Crippen molar-refractivity contribution in [2.24, 2.45) is 5.92 Å². The minimum absolute atomic E-state index is 0. The number of nitrogens with one attached hydrogen (secondary N) is 1. The lowest BCUT2D eigenvalue weighted by Crippen LogP contribution is -2.38. The molecule has 10 heteroatoms. The van der Waals surface area contributed by atoms with Crippen LogP contribution in [0.3, 0.4) is 0 Å². The smallest absolute Gasteiger partial charge is 0.231 e. The van der Waals surface area contributed by atoms with Gasteiger partial charge in [-0.05, 0) is 12.8 Å². The maximum absolute atomic E-state index is 12.6. The van der Waals surface area contributed by atoms with Crippen molar-refractivity contribution in [2.45, 2.75) is 12.8 Å². The van der Waals surface area contributed by atoms with E-state index in [9.17, 15) is 4.79 Å². The van der Waals surface area contributed by atoms with Gasteiger partial charge in [0.25, 0.3) is 0 Å². The molecule has 1 amide bonds. The number of carbonyl (C=O) groups excluding carboxylic acids is 1. The first-order valence-electron chi connectivity index (χ1n) is 8.21. The number of aromatic nitrogens is 2. The van der Waals surface area contributed by atoms with E-state index in [1.807, 2.05) is 0 Å². The zero-order chi connectivity index (χ0) is 17.2. The molecule has 3 N–H and O–H groups in total. The fraction of sp³-hybridized carbons (Fsp3) is 0.353. The zero-order valence-corrected chi connectivity index (χ0v) is 16.1. The van der Waals surface area contributed by atoms with E-state index in [0.29, 0.717) is 22.9 Å². The normalized spacial score (nSPS) is 15.5. The van der Waals surface area contributed by atoms with Gasteiger partial charge in [-0.1, -0.05) is 0 Å². The minimum atomic E-state index is -0.0576. The molecule has 0 aliphatic carbocycles. The number of hydrogen-bond acceptors (Lipinski definition) is 7. The quantitative estimate of drug-likeness (QED) is 0.744. The van der Waals surface area contributed by atoms with Gasteiger partial charge in [-0.2, -0.15) is 0 Å². The predicted octanol–water partition coefficient (Wildman–Crippen LogP) is 2.49. The molecule has 1 fully saturated rings. The Balaban J connectivity index is 0.00000131. The third kappa shape index (κ3) is 4.45. The van der Waals surface area contributed by atoms with Crippen molar-refractivity contribution >= 4 is 47.9 Å². The highest BCUT2D eigenvalue weighted by atomic mass is 35.5. The fourth-order valence-corrected chi connectivity index (χ4v) is 3.13. The molecule has 0 atom stereocenters. The number of amides is 1. The molecule has 0 saturated carbocycles. The molecule has 1 aromatic carbocycles. The zero-order valence-electron chi connectivity index (χ0n) is 14.5. The Labute approximate surface area is 169 Å². The Bertz CT molecular complexity index is 786. The van der Waals surface area contributed by atoms with E-state index in [-0.39, 0.29) is 43.4 Å². The van der Waals surface area contributed by atoms with Crippen molar-refractivity contribution < 1.29 is 14.3 Å². The predicted molar refractivity (Wildman–Crippen MR) is 107 cm³/mol. The number of piperidine rings is 1. The Morgan fingerprint density at radius 3 is 2.52 bits per heavy atom. The Hall–Kier alpha value is -2.45. The number of halogens is 2. The maximum Gasteiger partial charge on any atom is 0.231 e. The van der Waals surface area contributed by atoms with Crippen LogP contribution < -0.4 is 25.4 Å².